The number of aromatic nitrogens is 1. The standard InChI is InChI=1S/C20H25N3O2/c1-16-6-4-10-22(13-16)14-18-8-3-2-7-17(18)12-21-20(24)19-9-5-11-23(25)15-19/h2-3,5,7-9,11,15-16H,4,6,10,12-14H2,1H3,(H,21,24)/t16-/m1/s1. The van der Waals surface area contributed by atoms with E-state index in [-0.39, 0.29) is 5.91 Å². The maximum absolute atomic E-state index is 12.2. The van der Waals surface area contributed by atoms with Gasteiger partial charge < -0.3 is 10.5 Å². The van der Waals surface area contributed by atoms with E-state index in [1.807, 2.05) is 12.1 Å². The van der Waals surface area contributed by atoms with Crippen LogP contribution in [0, 0.1) is 11.1 Å². The Morgan fingerprint density at radius 3 is 2.84 bits per heavy atom. The quantitative estimate of drug-likeness (QED) is 0.672. The fraction of sp³-hybridized carbons (Fsp3) is 0.400. The number of likely N-dealkylation sites (tertiary alicyclic amines) is 1. The number of benzene rings is 1. The van der Waals surface area contributed by atoms with Gasteiger partial charge in [-0.3, -0.25) is 9.69 Å². The summed E-state index contributed by atoms with van der Waals surface area (Å²) < 4.78 is 0.639. The third kappa shape index (κ3) is 4.79. The monoisotopic (exact) mass is 339 g/mol. The lowest BCUT2D eigenvalue weighted by Gasteiger charge is -2.31. The van der Waals surface area contributed by atoms with Gasteiger partial charge in [0.05, 0.1) is 0 Å². The van der Waals surface area contributed by atoms with Crippen molar-refractivity contribution in [2.45, 2.75) is 32.9 Å². The molecule has 0 aliphatic carbocycles. The molecule has 2 heterocycles. The molecule has 0 unspecified atom stereocenters. The predicted molar refractivity (Wildman–Crippen MR) is 96.7 cm³/mol. The molecule has 1 aromatic carbocycles. The first-order valence-electron chi connectivity index (χ1n) is 8.88. The zero-order valence-corrected chi connectivity index (χ0v) is 14.6. The molecule has 1 saturated heterocycles. The van der Waals surface area contributed by atoms with Gasteiger partial charge in [0.15, 0.2) is 12.4 Å². The Balaban J connectivity index is 1.63. The van der Waals surface area contributed by atoms with Crippen molar-refractivity contribution in [2.75, 3.05) is 13.1 Å². The van der Waals surface area contributed by atoms with Crippen LogP contribution in [-0.4, -0.2) is 23.9 Å². The molecular weight excluding hydrogens is 314 g/mol. The first-order chi connectivity index (χ1) is 12.1. The van der Waals surface area contributed by atoms with Crippen LogP contribution in [0.1, 0.15) is 41.3 Å². The number of carbonyl (C=O) groups is 1. The second-order valence-electron chi connectivity index (χ2n) is 6.89. The largest absolute Gasteiger partial charge is 0.619 e. The number of hydrogen-bond donors (Lipinski definition) is 1. The SMILES string of the molecule is C[C@@H]1CCCN(Cc2ccccc2CNC(=O)c2ccc[n+]([O-])c2)C1. The van der Waals surface area contributed by atoms with Gasteiger partial charge in [-0.2, -0.15) is 4.73 Å². The first-order valence-corrected chi connectivity index (χ1v) is 8.88. The molecule has 1 N–H and O–H groups in total. The number of nitrogens with one attached hydrogen (secondary N) is 1. The summed E-state index contributed by atoms with van der Waals surface area (Å²) in [5.74, 6) is 0.518. The molecular formula is C20H25N3O2. The number of amides is 1. The summed E-state index contributed by atoms with van der Waals surface area (Å²) in [6.07, 6.45) is 5.22. The molecule has 1 aromatic heterocycles. The predicted octanol–water partition coefficient (Wildman–Crippen LogP) is 2.48. The molecule has 0 spiro atoms. The summed E-state index contributed by atoms with van der Waals surface area (Å²) in [6.45, 7) is 5.96. The van der Waals surface area contributed by atoms with E-state index in [4.69, 9.17) is 0 Å². The summed E-state index contributed by atoms with van der Waals surface area (Å²) in [7, 11) is 0. The zero-order valence-electron chi connectivity index (χ0n) is 14.6. The van der Waals surface area contributed by atoms with Gasteiger partial charge in [-0.1, -0.05) is 31.2 Å². The summed E-state index contributed by atoms with van der Waals surface area (Å²) in [6, 6.07) is 11.5. The number of carbonyl (C=O) groups excluding carboxylic acids is 1. The van der Waals surface area contributed by atoms with Gasteiger partial charge >= 0.3 is 0 Å². The zero-order chi connectivity index (χ0) is 17.6. The lowest BCUT2D eigenvalue weighted by molar-refractivity contribution is -0.605. The van der Waals surface area contributed by atoms with Crippen LogP contribution in [-0.2, 0) is 13.1 Å². The molecule has 2 aromatic rings. The van der Waals surface area contributed by atoms with Crippen molar-refractivity contribution in [3.63, 3.8) is 0 Å². The molecule has 0 bridgehead atoms. The smallest absolute Gasteiger partial charge is 0.257 e. The molecule has 132 valence electrons. The van der Waals surface area contributed by atoms with Crippen LogP contribution in [0.5, 0.6) is 0 Å². The number of rotatable bonds is 5. The van der Waals surface area contributed by atoms with Crippen LogP contribution in [0.15, 0.2) is 48.8 Å². The molecule has 1 amide bonds. The molecule has 0 radical (unpaired) electrons. The van der Waals surface area contributed by atoms with E-state index in [1.165, 1.54) is 30.8 Å². The Bertz CT molecular complexity index is 732. The average molecular weight is 339 g/mol. The molecule has 0 saturated carbocycles. The van der Waals surface area contributed by atoms with Crippen molar-refractivity contribution in [1.82, 2.24) is 10.2 Å². The van der Waals surface area contributed by atoms with E-state index in [1.54, 1.807) is 12.1 Å². The van der Waals surface area contributed by atoms with Gasteiger partial charge in [0.1, 0.15) is 5.56 Å². The van der Waals surface area contributed by atoms with E-state index < -0.39 is 0 Å². The minimum Gasteiger partial charge on any atom is -0.619 e. The summed E-state index contributed by atoms with van der Waals surface area (Å²) in [4.78, 5) is 14.7. The third-order valence-corrected chi connectivity index (χ3v) is 4.73. The van der Waals surface area contributed by atoms with E-state index in [0.29, 0.717) is 16.8 Å². The Morgan fingerprint density at radius 2 is 2.08 bits per heavy atom. The lowest BCUT2D eigenvalue weighted by Crippen LogP contribution is -2.34. The van der Waals surface area contributed by atoms with E-state index in [9.17, 15) is 10.0 Å². The maximum Gasteiger partial charge on any atom is 0.257 e. The van der Waals surface area contributed by atoms with E-state index in [0.717, 1.165) is 31.1 Å². The molecule has 1 atom stereocenters. The summed E-state index contributed by atoms with van der Waals surface area (Å²) in [5, 5.41) is 14.2. The van der Waals surface area contributed by atoms with E-state index in [2.05, 4.69) is 29.3 Å². The van der Waals surface area contributed by atoms with Gasteiger partial charge in [-0.25, -0.2) is 0 Å². The first kappa shape index (κ1) is 17.4. The van der Waals surface area contributed by atoms with Crippen molar-refractivity contribution in [3.05, 3.63) is 70.7 Å². The normalized spacial score (nSPS) is 18.0. The second kappa shape index (κ2) is 8.12. The highest BCUT2D eigenvalue weighted by molar-refractivity contribution is 5.93. The van der Waals surface area contributed by atoms with Gasteiger partial charge in [-0.15, -0.1) is 0 Å². The van der Waals surface area contributed by atoms with Crippen LogP contribution in [0.3, 0.4) is 0 Å². The van der Waals surface area contributed by atoms with Crippen molar-refractivity contribution >= 4 is 5.91 Å². The fourth-order valence-corrected chi connectivity index (χ4v) is 3.42. The van der Waals surface area contributed by atoms with Crippen LogP contribution in [0.4, 0.5) is 0 Å². The van der Waals surface area contributed by atoms with Crippen molar-refractivity contribution < 1.29 is 9.52 Å². The van der Waals surface area contributed by atoms with E-state index >= 15 is 0 Å². The molecule has 5 nitrogen and oxygen atoms in total. The maximum atomic E-state index is 12.2. The Hall–Kier alpha value is -2.40. The van der Waals surface area contributed by atoms with Gasteiger partial charge in [0, 0.05) is 25.7 Å². The molecule has 1 aliphatic heterocycles. The minimum atomic E-state index is -0.230. The Morgan fingerprint density at radius 1 is 1.28 bits per heavy atom. The lowest BCUT2D eigenvalue weighted by atomic mass is 9.99. The molecule has 3 rings (SSSR count). The molecule has 25 heavy (non-hydrogen) atoms. The highest BCUT2D eigenvalue weighted by atomic mass is 16.5. The average Bonchev–Trinajstić information content (AvgIpc) is 2.61. The number of piperidine rings is 1. The summed E-state index contributed by atoms with van der Waals surface area (Å²) in [5.41, 5.74) is 2.75. The fourth-order valence-electron chi connectivity index (χ4n) is 3.42. The highest BCUT2D eigenvalue weighted by Crippen LogP contribution is 2.19. The Labute approximate surface area is 148 Å². The summed E-state index contributed by atoms with van der Waals surface area (Å²) >= 11 is 0. The number of hydrogen-bond acceptors (Lipinski definition) is 3. The third-order valence-electron chi connectivity index (χ3n) is 4.73. The van der Waals surface area contributed by atoms with Crippen molar-refractivity contribution in [2.24, 2.45) is 5.92 Å². The molecule has 1 aliphatic rings. The van der Waals surface area contributed by atoms with Crippen molar-refractivity contribution in [1.29, 1.82) is 0 Å². The Kier molecular flexibility index (Phi) is 5.66. The topological polar surface area (TPSA) is 59.3 Å². The van der Waals surface area contributed by atoms with Gasteiger partial charge in [0.25, 0.3) is 5.91 Å². The van der Waals surface area contributed by atoms with Crippen LogP contribution >= 0.6 is 0 Å². The van der Waals surface area contributed by atoms with Gasteiger partial charge in [0.2, 0.25) is 0 Å². The molecule has 1 fully saturated rings. The highest BCUT2D eigenvalue weighted by Gasteiger charge is 2.17. The van der Waals surface area contributed by atoms with Crippen LogP contribution in [0.25, 0.3) is 0 Å². The number of nitrogens with zero attached hydrogens (tertiary/aromatic N) is 2. The van der Waals surface area contributed by atoms with Crippen LogP contribution in [0.2, 0.25) is 0 Å². The second-order valence-corrected chi connectivity index (χ2v) is 6.89. The molecule has 5 heteroatoms. The number of pyridine rings is 1. The van der Waals surface area contributed by atoms with Gasteiger partial charge in [-0.05, 0) is 42.5 Å². The minimum absolute atomic E-state index is 0.230. The van der Waals surface area contributed by atoms with Crippen molar-refractivity contribution in [3.8, 4) is 0 Å². The van der Waals surface area contributed by atoms with Crippen LogP contribution < -0.4 is 10.0 Å².